The number of esters is 1. The molecule has 0 spiro atoms. The molecule has 0 fully saturated rings. The Hall–Kier alpha value is -2.45. The van der Waals surface area contributed by atoms with E-state index in [1.807, 2.05) is 0 Å². The standard InChI is InChI=1S/C15H12ClN3O4S/c1-9-8-24-15(22)18(9)6-14(21)23-7-11-4-13(20)19-5-10(16)2-3-12(19)17-11/h2-5,8H,6-7H2,1H3. The number of ether oxygens (including phenoxy) is 1. The van der Waals surface area contributed by atoms with Crippen molar-refractivity contribution in [1.82, 2.24) is 14.0 Å². The van der Waals surface area contributed by atoms with Crippen LogP contribution in [0.1, 0.15) is 11.4 Å². The maximum atomic E-state index is 12.0. The summed E-state index contributed by atoms with van der Waals surface area (Å²) in [6.45, 7) is 1.42. The predicted molar refractivity (Wildman–Crippen MR) is 89.6 cm³/mol. The van der Waals surface area contributed by atoms with Crippen LogP contribution in [-0.2, 0) is 22.7 Å². The van der Waals surface area contributed by atoms with Gasteiger partial charge in [-0.1, -0.05) is 22.9 Å². The average Bonchev–Trinajstić information content (AvgIpc) is 2.85. The van der Waals surface area contributed by atoms with E-state index >= 15 is 0 Å². The Morgan fingerprint density at radius 1 is 1.38 bits per heavy atom. The van der Waals surface area contributed by atoms with Gasteiger partial charge in [0.1, 0.15) is 18.8 Å². The van der Waals surface area contributed by atoms with Gasteiger partial charge in [0.05, 0.1) is 10.7 Å². The third-order valence-corrected chi connectivity index (χ3v) is 4.43. The van der Waals surface area contributed by atoms with Crippen molar-refractivity contribution in [3.8, 4) is 0 Å². The van der Waals surface area contributed by atoms with E-state index in [1.165, 1.54) is 21.2 Å². The number of halogens is 1. The van der Waals surface area contributed by atoms with E-state index in [0.717, 1.165) is 11.3 Å². The van der Waals surface area contributed by atoms with Crippen molar-refractivity contribution in [1.29, 1.82) is 0 Å². The number of aryl methyl sites for hydroxylation is 1. The molecule has 3 heterocycles. The summed E-state index contributed by atoms with van der Waals surface area (Å²) >= 11 is 6.87. The van der Waals surface area contributed by atoms with Crippen LogP contribution in [0.15, 0.2) is 39.4 Å². The van der Waals surface area contributed by atoms with Gasteiger partial charge < -0.3 is 4.74 Å². The summed E-state index contributed by atoms with van der Waals surface area (Å²) in [6, 6.07) is 4.49. The lowest BCUT2D eigenvalue weighted by Gasteiger charge is -2.07. The minimum atomic E-state index is -0.572. The monoisotopic (exact) mass is 365 g/mol. The van der Waals surface area contributed by atoms with Crippen LogP contribution >= 0.6 is 22.9 Å². The van der Waals surface area contributed by atoms with Crippen molar-refractivity contribution in [2.45, 2.75) is 20.1 Å². The molecule has 124 valence electrons. The van der Waals surface area contributed by atoms with Crippen LogP contribution in [0.3, 0.4) is 0 Å². The van der Waals surface area contributed by atoms with Gasteiger partial charge in [0.2, 0.25) is 0 Å². The number of fused-ring (bicyclic) bond motifs is 1. The second-order valence-electron chi connectivity index (χ2n) is 5.05. The van der Waals surface area contributed by atoms with Crippen LogP contribution in [0.5, 0.6) is 0 Å². The molecule has 7 nitrogen and oxygen atoms in total. The highest BCUT2D eigenvalue weighted by Crippen LogP contribution is 2.09. The molecule has 0 unspecified atom stereocenters. The molecule has 0 radical (unpaired) electrons. The lowest BCUT2D eigenvalue weighted by atomic mass is 10.4. The minimum absolute atomic E-state index is 0.148. The van der Waals surface area contributed by atoms with Gasteiger partial charge in [0, 0.05) is 23.3 Å². The Morgan fingerprint density at radius 3 is 2.88 bits per heavy atom. The molecule has 0 atom stereocenters. The average molecular weight is 366 g/mol. The number of pyridine rings is 1. The highest BCUT2D eigenvalue weighted by Gasteiger charge is 2.11. The number of hydrogen-bond acceptors (Lipinski definition) is 6. The second kappa shape index (κ2) is 6.58. The Kier molecular flexibility index (Phi) is 4.50. The zero-order chi connectivity index (χ0) is 17.3. The van der Waals surface area contributed by atoms with Gasteiger partial charge in [-0.15, -0.1) is 0 Å². The number of thiazole rings is 1. The molecular weight excluding hydrogens is 354 g/mol. The number of rotatable bonds is 4. The van der Waals surface area contributed by atoms with Crippen LogP contribution in [0.4, 0.5) is 0 Å². The zero-order valence-corrected chi connectivity index (χ0v) is 14.1. The maximum absolute atomic E-state index is 12.0. The largest absolute Gasteiger partial charge is 0.458 e. The second-order valence-corrected chi connectivity index (χ2v) is 6.31. The molecule has 0 aromatic carbocycles. The summed E-state index contributed by atoms with van der Waals surface area (Å²) in [5.41, 5.74) is 1.10. The van der Waals surface area contributed by atoms with Gasteiger partial charge in [-0.3, -0.25) is 23.4 Å². The van der Waals surface area contributed by atoms with E-state index in [0.29, 0.717) is 22.1 Å². The van der Waals surface area contributed by atoms with Crippen molar-refractivity contribution in [2.75, 3.05) is 0 Å². The molecule has 0 saturated heterocycles. The lowest BCUT2D eigenvalue weighted by molar-refractivity contribution is -0.145. The third-order valence-electron chi connectivity index (χ3n) is 3.32. The molecule has 0 N–H and O–H groups in total. The fourth-order valence-corrected chi connectivity index (χ4v) is 3.02. The lowest BCUT2D eigenvalue weighted by Crippen LogP contribution is -2.22. The fraction of sp³-hybridized carbons (Fsp3) is 0.200. The van der Waals surface area contributed by atoms with Crippen LogP contribution in [-0.4, -0.2) is 19.9 Å². The van der Waals surface area contributed by atoms with Gasteiger partial charge in [-0.25, -0.2) is 4.98 Å². The van der Waals surface area contributed by atoms with Crippen molar-refractivity contribution in [2.24, 2.45) is 0 Å². The topological polar surface area (TPSA) is 82.7 Å². The van der Waals surface area contributed by atoms with Crippen molar-refractivity contribution < 1.29 is 9.53 Å². The Morgan fingerprint density at radius 2 is 2.17 bits per heavy atom. The molecule has 0 aliphatic rings. The quantitative estimate of drug-likeness (QED) is 0.656. The van der Waals surface area contributed by atoms with E-state index < -0.39 is 5.97 Å². The van der Waals surface area contributed by atoms with Crippen LogP contribution in [0, 0.1) is 6.92 Å². The maximum Gasteiger partial charge on any atom is 0.326 e. The third kappa shape index (κ3) is 3.39. The summed E-state index contributed by atoms with van der Waals surface area (Å²) in [5.74, 6) is -0.572. The first-order valence-electron chi connectivity index (χ1n) is 6.92. The Balaban J connectivity index is 1.74. The molecule has 24 heavy (non-hydrogen) atoms. The van der Waals surface area contributed by atoms with Gasteiger partial charge in [-0.05, 0) is 19.1 Å². The number of nitrogens with zero attached hydrogens (tertiary/aromatic N) is 3. The fourth-order valence-electron chi connectivity index (χ4n) is 2.13. The summed E-state index contributed by atoms with van der Waals surface area (Å²) < 4.78 is 7.75. The molecule has 0 saturated carbocycles. The van der Waals surface area contributed by atoms with Crippen molar-refractivity contribution in [3.05, 3.63) is 66.2 Å². The molecule has 3 aromatic heterocycles. The minimum Gasteiger partial charge on any atom is -0.458 e. The SMILES string of the molecule is Cc1csc(=O)n1CC(=O)OCc1cc(=O)n2cc(Cl)ccc2n1. The molecule has 0 amide bonds. The summed E-state index contributed by atoms with van der Waals surface area (Å²) in [6.07, 6.45) is 1.47. The van der Waals surface area contributed by atoms with Crippen LogP contribution in [0.25, 0.3) is 5.65 Å². The molecule has 0 aliphatic carbocycles. The Labute approximate surface area is 144 Å². The van der Waals surface area contributed by atoms with E-state index in [9.17, 15) is 14.4 Å². The van der Waals surface area contributed by atoms with Crippen molar-refractivity contribution >= 4 is 34.6 Å². The molecule has 3 rings (SSSR count). The highest BCUT2D eigenvalue weighted by molar-refractivity contribution is 7.07. The first-order valence-corrected chi connectivity index (χ1v) is 8.18. The van der Waals surface area contributed by atoms with E-state index in [-0.39, 0.29) is 23.6 Å². The highest BCUT2D eigenvalue weighted by atomic mass is 35.5. The normalized spacial score (nSPS) is 10.9. The van der Waals surface area contributed by atoms with Gasteiger partial charge >= 0.3 is 10.8 Å². The zero-order valence-electron chi connectivity index (χ0n) is 12.6. The van der Waals surface area contributed by atoms with Crippen LogP contribution in [0.2, 0.25) is 5.02 Å². The molecule has 3 aromatic rings. The smallest absolute Gasteiger partial charge is 0.326 e. The van der Waals surface area contributed by atoms with E-state index in [2.05, 4.69) is 4.98 Å². The number of carbonyl (C=O) groups excluding carboxylic acids is 1. The Bertz CT molecular complexity index is 1040. The summed E-state index contributed by atoms with van der Waals surface area (Å²) in [5, 5.41) is 2.09. The molecular formula is C15H12ClN3O4S. The first kappa shape index (κ1) is 16.4. The molecule has 0 aliphatic heterocycles. The van der Waals surface area contributed by atoms with Crippen molar-refractivity contribution in [3.63, 3.8) is 0 Å². The van der Waals surface area contributed by atoms with Gasteiger partial charge in [-0.2, -0.15) is 0 Å². The van der Waals surface area contributed by atoms with Gasteiger partial charge in [0.15, 0.2) is 0 Å². The first-order chi connectivity index (χ1) is 11.4. The number of aromatic nitrogens is 3. The summed E-state index contributed by atoms with van der Waals surface area (Å²) in [7, 11) is 0. The molecule has 0 bridgehead atoms. The van der Waals surface area contributed by atoms with E-state index in [1.54, 1.807) is 24.4 Å². The predicted octanol–water partition coefficient (Wildman–Crippen LogP) is 1.62. The number of carbonyl (C=O) groups is 1. The van der Waals surface area contributed by atoms with E-state index in [4.69, 9.17) is 16.3 Å². The van der Waals surface area contributed by atoms with Gasteiger partial charge in [0.25, 0.3) is 5.56 Å². The summed E-state index contributed by atoms with van der Waals surface area (Å²) in [4.78, 5) is 39.5. The number of hydrogen-bond donors (Lipinski definition) is 0. The molecule has 9 heteroatoms. The van der Waals surface area contributed by atoms with Crippen LogP contribution < -0.4 is 10.4 Å².